The van der Waals surface area contributed by atoms with E-state index in [1.165, 1.54) is 0 Å². The molecule has 0 saturated heterocycles. The van der Waals surface area contributed by atoms with Gasteiger partial charge in [0, 0.05) is 27.4 Å². The fourth-order valence-corrected chi connectivity index (χ4v) is 0.793. The lowest BCUT2D eigenvalue weighted by molar-refractivity contribution is 0.0195. The topological polar surface area (TPSA) is 46.2 Å². The number of hydrogen-bond donors (Lipinski definition) is 0. The SMILES string of the molecule is CCOCCOCCOCC.COCCOC. The van der Waals surface area contributed by atoms with Crippen molar-refractivity contribution in [3.05, 3.63) is 0 Å². The van der Waals surface area contributed by atoms with Gasteiger partial charge in [-0.25, -0.2) is 0 Å². The monoisotopic (exact) mass is 252 g/mol. The fourth-order valence-electron chi connectivity index (χ4n) is 0.793. The van der Waals surface area contributed by atoms with Gasteiger partial charge in [0.2, 0.25) is 0 Å². The van der Waals surface area contributed by atoms with Crippen molar-refractivity contribution in [2.45, 2.75) is 13.8 Å². The van der Waals surface area contributed by atoms with Gasteiger partial charge < -0.3 is 23.7 Å². The lowest BCUT2D eigenvalue weighted by atomic mass is 10.7. The van der Waals surface area contributed by atoms with Gasteiger partial charge in [-0.1, -0.05) is 0 Å². The maximum absolute atomic E-state index is 5.19. The molecule has 0 unspecified atom stereocenters. The van der Waals surface area contributed by atoms with Crippen molar-refractivity contribution in [1.82, 2.24) is 0 Å². The highest BCUT2D eigenvalue weighted by molar-refractivity contribution is 4.30. The van der Waals surface area contributed by atoms with Crippen molar-refractivity contribution < 1.29 is 23.7 Å². The van der Waals surface area contributed by atoms with Gasteiger partial charge in [-0.2, -0.15) is 0 Å². The summed E-state index contributed by atoms with van der Waals surface area (Å²) in [4.78, 5) is 0. The second-order valence-corrected chi connectivity index (χ2v) is 2.99. The summed E-state index contributed by atoms with van der Waals surface area (Å²) in [6, 6.07) is 0. The van der Waals surface area contributed by atoms with Crippen molar-refractivity contribution in [3.63, 3.8) is 0 Å². The summed E-state index contributed by atoms with van der Waals surface area (Å²) in [6.45, 7) is 9.55. The van der Waals surface area contributed by atoms with E-state index in [4.69, 9.17) is 14.2 Å². The molecule has 106 valence electrons. The second kappa shape index (κ2) is 21.1. The summed E-state index contributed by atoms with van der Waals surface area (Å²) >= 11 is 0. The lowest BCUT2D eigenvalue weighted by Gasteiger charge is -2.03. The molecule has 0 radical (unpaired) electrons. The molecule has 0 aliphatic carbocycles. The molecule has 0 saturated carbocycles. The van der Waals surface area contributed by atoms with Crippen LogP contribution in [0.15, 0.2) is 0 Å². The molecule has 0 N–H and O–H groups in total. The van der Waals surface area contributed by atoms with Gasteiger partial charge >= 0.3 is 0 Å². The van der Waals surface area contributed by atoms with Gasteiger partial charge in [0.05, 0.1) is 39.6 Å². The normalized spacial score (nSPS) is 9.88. The predicted octanol–water partition coefficient (Wildman–Crippen LogP) is 1.36. The standard InChI is InChI=1S/C8H18O3.C4H10O2/c1-3-9-5-7-11-8-6-10-4-2;1-5-3-4-6-2/h3-8H2,1-2H3;3-4H2,1-2H3. The number of hydrogen-bond acceptors (Lipinski definition) is 5. The van der Waals surface area contributed by atoms with E-state index in [1.807, 2.05) is 13.8 Å². The van der Waals surface area contributed by atoms with Crippen molar-refractivity contribution in [2.75, 3.05) is 67.1 Å². The van der Waals surface area contributed by atoms with E-state index in [9.17, 15) is 0 Å². The number of methoxy groups -OCH3 is 2. The van der Waals surface area contributed by atoms with Gasteiger partial charge in [0.25, 0.3) is 0 Å². The summed E-state index contributed by atoms with van der Waals surface area (Å²) < 4.78 is 24.7. The first kappa shape index (κ1) is 19.1. The van der Waals surface area contributed by atoms with E-state index in [1.54, 1.807) is 14.2 Å². The molecule has 0 atom stereocenters. The minimum absolute atomic E-state index is 0.668. The third kappa shape index (κ3) is 25.8. The van der Waals surface area contributed by atoms with Crippen LogP contribution in [0, 0.1) is 0 Å². The third-order valence-corrected chi connectivity index (χ3v) is 1.64. The van der Waals surface area contributed by atoms with Crippen LogP contribution in [-0.2, 0) is 23.7 Å². The average molecular weight is 252 g/mol. The smallest absolute Gasteiger partial charge is 0.0701 e. The Kier molecular flexibility index (Phi) is 23.8. The van der Waals surface area contributed by atoms with Crippen molar-refractivity contribution in [3.8, 4) is 0 Å². The second-order valence-electron chi connectivity index (χ2n) is 2.99. The fraction of sp³-hybridized carbons (Fsp3) is 1.00. The molecule has 0 aromatic rings. The molecule has 5 nitrogen and oxygen atoms in total. The van der Waals surface area contributed by atoms with Gasteiger partial charge in [-0.3, -0.25) is 0 Å². The molecule has 0 heterocycles. The van der Waals surface area contributed by atoms with Crippen LogP contribution in [0.2, 0.25) is 0 Å². The lowest BCUT2D eigenvalue weighted by Crippen LogP contribution is -2.08. The molecule has 0 aliphatic heterocycles. The van der Waals surface area contributed by atoms with E-state index in [0.29, 0.717) is 39.6 Å². The van der Waals surface area contributed by atoms with Crippen LogP contribution in [-0.4, -0.2) is 67.1 Å². The Morgan fingerprint density at radius 2 is 0.882 bits per heavy atom. The van der Waals surface area contributed by atoms with E-state index >= 15 is 0 Å². The van der Waals surface area contributed by atoms with Crippen molar-refractivity contribution >= 4 is 0 Å². The van der Waals surface area contributed by atoms with E-state index in [-0.39, 0.29) is 0 Å². The average Bonchev–Trinajstić information content (AvgIpc) is 2.36. The quantitative estimate of drug-likeness (QED) is 0.520. The molecule has 0 fully saturated rings. The van der Waals surface area contributed by atoms with E-state index in [0.717, 1.165) is 13.2 Å². The van der Waals surface area contributed by atoms with Crippen LogP contribution in [0.5, 0.6) is 0 Å². The Bertz CT molecular complexity index is 99.1. The minimum atomic E-state index is 0.668. The summed E-state index contributed by atoms with van der Waals surface area (Å²) in [5.41, 5.74) is 0. The van der Waals surface area contributed by atoms with Crippen LogP contribution in [0.4, 0.5) is 0 Å². The molecule has 5 heteroatoms. The van der Waals surface area contributed by atoms with Gasteiger partial charge in [0.15, 0.2) is 0 Å². The van der Waals surface area contributed by atoms with Crippen LogP contribution >= 0.6 is 0 Å². The first-order chi connectivity index (χ1) is 8.33. The molecule has 0 aromatic heterocycles. The summed E-state index contributed by atoms with van der Waals surface area (Å²) in [5, 5.41) is 0. The minimum Gasteiger partial charge on any atom is -0.382 e. The molecular formula is C12H28O5. The third-order valence-electron chi connectivity index (χ3n) is 1.64. The Hall–Kier alpha value is -0.200. The first-order valence-electron chi connectivity index (χ1n) is 6.04. The maximum atomic E-state index is 5.19. The van der Waals surface area contributed by atoms with Gasteiger partial charge in [-0.05, 0) is 13.8 Å². The molecule has 0 spiro atoms. The van der Waals surface area contributed by atoms with Crippen LogP contribution < -0.4 is 0 Å². The van der Waals surface area contributed by atoms with Crippen LogP contribution in [0.3, 0.4) is 0 Å². The Morgan fingerprint density at radius 3 is 1.18 bits per heavy atom. The van der Waals surface area contributed by atoms with Crippen molar-refractivity contribution in [2.24, 2.45) is 0 Å². The first-order valence-corrected chi connectivity index (χ1v) is 6.04. The molecule has 0 rings (SSSR count). The zero-order valence-electron chi connectivity index (χ0n) is 11.7. The zero-order chi connectivity index (χ0) is 13.2. The van der Waals surface area contributed by atoms with Crippen LogP contribution in [0.1, 0.15) is 13.8 Å². The zero-order valence-corrected chi connectivity index (χ0v) is 11.7. The summed E-state index contributed by atoms with van der Waals surface area (Å²) in [5.74, 6) is 0. The van der Waals surface area contributed by atoms with Crippen molar-refractivity contribution in [1.29, 1.82) is 0 Å². The Labute approximate surface area is 105 Å². The van der Waals surface area contributed by atoms with E-state index in [2.05, 4.69) is 9.47 Å². The highest BCUT2D eigenvalue weighted by Gasteiger charge is 1.87. The summed E-state index contributed by atoms with van der Waals surface area (Å²) in [7, 11) is 3.30. The van der Waals surface area contributed by atoms with Gasteiger partial charge in [0.1, 0.15) is 0 Å². The Balaban J connectivity index is 0. The molecule has 0 amide bonds. The molecule has 0 aliphatic rings. The highest BCUT2D eigenvalue weighted by atomic mass is 16.5. The molecular weight excluding hydrogens is 224 g/mol. The largest absolute Gasteiger partial charge is 0.382 e. The van der Waals surface area contributed by atoms with E-state index < -0.39 is 0 Å². The highest BCUT2D eigenvalue weighted by Crippen LogP contribution is 1.79. The van der Waals surface area contributed by atoms with Gasteiger partial charge in [-0.15, -0.1) is 0 Å². The maximum Gasteiger partial charge on any atom is 0.0701 e. The molecule has 0 bridgehead atoms. The summed E-state index contributed by atoms with van der Waals surface area (Å²) in [6.07, 6.45) is 0. The molecule has 0 aromatic carbocycles. The van der Waals surface area contributed by atoms with Crippen LogP contribution in [0.25, 0.3) is 0 Å². The predicted molar refractivity (Wildman–Crippen MR) is 67.6 cm³/mol. The number of rotatable bonds is 11. The molecule has 17 heavy (non-hydrogen) atoms. The number of ether oxygens (including phenoxy) is 5. The Morgan fingerprint density at radius 1 is 0.529 bits per heavy atom.